The molecule has 0 amide bonds. The number of hydrogen-bond donors (Lipinski definition) is 3. The van der Waals surface area contributed by atoms with Crippen LogP contribution in [0.3, 0.4) is 0 Å². The first kappa shape index (κ1) is 24.1. The number of aryl methyl sites for hydroxylation is 1. The summed E-state index contributed by atoms with van der Waals surface area (Å²) in [5.74, 6) is 0.721. The zero-order chi connectivity index (χ0) is 18.2. The molecule has 8 heteroatoms. The molecule has 1 aromatic heterocycles. The van der Waals surface area contributed by atoms with Gasteiger partial charge in [-0.05, 0) is 34.2 Å². The Kier molecular flexibility index (Phi) is 11.3. The van der Waals surface area contributed by atoms with Gasteiger partial charge in [-0.3, -0.25) is 4.68 Å². The molecule has 2 atom stereocenters. The fourth-order valence-corrected chi connectivity index (χ4v) is 2.25. The van der Waals surface area contributed by atoms with Crippen molar-refractivity contribution < 1.29 is 5.11 Å². The van der Waals surface area contributed by atoms with Gasteiger partial charge < -0.3 is 20.6 Å². The van der Waals surface area contributed by atoms with Crippen molar-refractivity contribution in [3.63, 3.8) is 0 Å². The van der Waals surface area contributed by atoms with Crippen LogP contribution in [0.2, 0.25) is 0 Å². The van der Waals surface area contributed by atoms with E-state index in [1.54, 1.807) is 17.8 Å². The standard InChI is InChI=1S/C17H34N6O.HI/c1-7-14(3)22(5)10-9-19-16(18-8-2)20-13-17(4,24)15-11-21-23(6)12-15;/h11-12,14,24H,7-10,13H2,1-6H3,(H2,18,19,20);1H. The van der Waals surface area contributed by atoms with Crippen molar-refractivity contribution in [3.8, 4) is 0 Å². The van der Waals surface area contributed by atoms with Gasteiger partial charge in [0.1, 0.15) is 5.60 Å². The van der Waals surface area contributed by atoms with E-state index in [0.29, 0.717) is 6.04 Å². The summed E-state index contributed by atoms with van der Waals surface area (Å²) in [6.07, 6.45) is 4.63. The number of nitrogens with one attached hydrogen (secondary N) is 2. The SMILES string of the molecule is CCNC(=NCC(C)(O)c1cnn(C)c1)NCCN(C)C(C)CC.I. The van der Waals surface area contributed by atoms with E-state index in [0.717, 1.165) is 37.6 Å². The number of likely N-dealkylation sites (N-methyl/N-ethyl adjacent to an activating group) is 1. The fourth-order valence-electron chi connectivity index (χ4n) is 2.25. The Morgan fingerprint density at radius 2 is 2.12 bits per heavy atom. The van der Waals surface area contributed by atoms with Crippen LogP contribution in [0.4, 0.5) is 0 Å². The molecule has 25 heavy (non-hydrogen) atoms. The van der Waals surface area contributed by atoms with Gasteiger partial charge in [-0.1, -0.05) is 6.92 Å². The Balaban J connectivity index is 0.00000576. The molecule has 0 radical (unpaired) electrons. The monoisotopic (exact) mass is 466 g/mol. The number of hydrogen-bond acceptors (Lipinski definition) is 4. The highest BCUT2D eigenvalue weighted by Gasteiger charge is 2.24. The number of aliphatic imine (C=N–C) groups is 1. The summed E-state index contributed by atoms with van der Waals surface area (Å²) >= 11 is 0. The van der Waals surface area contributed by atoms with Crippen LogP contribution in [0.15, 0.2) is 17.4 Å². The summed E-state index contributed by atoms with van der Waals surface area (Å²) < 4.78 is 1.68. The van der Waals surface area contributed by atoms with Crippen LogP contribution in [0.5, 0.6) is 0 Å². The van der Waals surface area contributed by atoms with Gasteiger partial charge in [0.2, 0.25) is 0 Å². The van der Waals surface area contributed by atoms with E-state index in [1.807, 2.05) is 20.2 Å². The van der Waals surface area contributed by atoms with Crippen molar-refractivity contribution in [1.29, 1.82) is 0 Å². The van der Waals surface area contributed by atoms with Crippen molar-refractivity contribution in [2.75, 3.05) is 33.2 Å². The van der Waals surface area contributed by atoms with Gasteiger partial charge in [-0.2, -0.15) is 5.10 Å². The minimum absolute atomic E-state index is 0. The second-order valence-electron chi connectivity index (χ2n) is 6.54. The summed E-state index contributed by atoms with van der Waals surface area (Å²) in [6.45, 7) is 11.0. The predicted molar refractivity (Wildman–Crippen MR) is 115 cm³/mol. The molecular weight excluding hydrogens is 431 g/mol. The first-order valence-electron chi connectivity index (χ1n) is 8.74. The lowest BCUT2D eigenvalue weighted by Crippen LogP contribution is -2.43. The summed E-state index contributed by atoms with van der Waals surface area (Å²) in [4.78, 5) is 6.84. The first-order chi connectivity index (χ1) is 11.3. The number of rotatable bonds is 9. The van der Waals surface area contributed by atoms with Crippen LogP contribution in [-0.2, 0) is 12.6 Å². The molecule has 1 aromatic rings. The molecule has 7 nitrogen and oxygen atoms in total. The molecule has 0 spiro atoms. The fraction of sp³-hybridized carbons (Fsp3) is 0.765. The highest BCUT2D eigenvalue weighted by atomic mass is 127. The molecule has 0 bridgehead atoms. The van der Waals surface area contributed by atoms with E-state index >= 15 is 0 Å². The molecule has 1 rings (SSSR count). The molecule has 0 aliphatic carbocycles. The van der Waals surface area contributed by atoms with Gasteiger partial charge >= 0.3 is 0 Å². The minimum atomic E-state index is -1.04. The van der Waals surface area contributed by atoms with Crippen molar-refractivity contribution in [1.82, 2.24) is 25.3 Å². The molecule has 0 saturated carbocycles. The molecule has 0 aliphatic rings. The van der Waals surface area contributed by atoms with Gasteiger partial charge in [0, 0.05) is 44.5 Å². The molecule has 1 heterocycles. The lowest BCUT2D eigenvalue weighted by molar-refractivity contribution is 0.0671. The molecular formula is C17H35IN6O. The normalized spacial score (nSPS) is 15.4. The van der Waals surface area contributed by atoms with Gasteiger partial charge in [0.05, 0.1) is 12.7 Å². The van der Waals surface area contributed by atoms with E-state index in [2.05, 4.69) is 46.5 Å². The number of nitrogens with zero attached hydrogens (tertiary/aromatic N) is 4. The third-order valence-corrected chi connectivity index (χ3v) is 4.32. The summed E-state index contributed by atoms with van der Waals surface area (Å²) in [5, 5.41) is 21.3. The largest absolute Gasteiger partial charge is 0.383 e. The van der Waals surface area contributed by atoms with Crippen LogP contribution in [0.25, 0.3) is 0 Å². The highest BCUT2D eigenvalue weighted by Crippen LogP contribution is 2.19. The minimum Gasteiger partial charge on any atom is -0.383 e. The zero-order valence-electron chi connectivity index (χ0n) is 16.4. The molecule has 3 N–H and O–H groups in total. The molecule has 146 valence electrons. The lowest BCUT2D eigenvalue weighted by atomic mass is 10.0. The van der Waals surface area contributed by atoms with E-state index in [9.17, 15) is 5.11 Å². The molecule has 0 saturated heterocycles. The number of aromatic nitrogens is 2. The first-order valence-corrected chi connectivity index (χ1v) is 8.74. The van der Waals surface area contributed by atoms with E-state index in [-0.39, 0.29) is 30.5 Å². The maximum absolute atomic E-state index is 10.6. The Labute approximate surface area is 169 Å². The van der Waals surface area contributed by atoms with Gasteiger partial charge in [-0.15, -0.1) is 24.0 Å². The van der Waals surface area contributed by atoms with Crippen LogP contribution in [0.1, 0.15) is 39.7 Å². The van der Waals surface area contributed by atoms with Crippen LogP contribution < -0.4 is 10.6 Å². The summed E-state index contributed by atoms with van der Waals surface area (Å²) in [7, 11) is 3.97. The van der Waals surface area contributed by atoms with E-state index < -0.39 is 5.60 Å². The molecule has 0 aliphatic heterocycles. The third-order valence-electron chi connectivity index (χ3n) is 4.32. The Bertz CT molecular complexity index is 517. The van der Waals surface area contributed by atoms with Crippen LogP contribution in [0, 0.1) is 0 Å². The Morgan fingerprint density at radius 1 is 1.44 bits per heavy atom. The Morgan fingerprint density at radius 3 is 2.64 bits per heavy atom. The van der Waals surface area contributed by atoms with Gasteiger partial charge in [-0.25, -0.2) is 4.99 Å². The average Bonchev–Trinajstić information content (AvgIpc) is 2.99. The predicted octanol–water partition coefficient (Wildman–Crippen LogP) is 1.53. The lowest BCUT2D eigenvalue weighted by Gasteiger charge is -2.24. The second-order valence-corrected chi connectivity index (χ2v) is 6.54. The van der Waals surface area contributed by atoms with Crippen molar-refractivity contribution in [3.05, 3.63) is 18.0 Å². The molecule has 2 unspecified atom stereocenters. The summed E-state index contributed by atoms with van der Waals surface area (Å²) in [6, 6.07) is 0.567. The quantitative estimate of drug-likeness (QED) is 0.293. The van der Waals surface area contributed by atoms with Crippen LogP contribution in [-0.4, -0.2) is 65.0 Å². The smallest absolute Gasteiger partial charge is 0.191 e. The highest BCUT2D eigenvalue weighted by molar-refractivity contribution is 14.0. The molecule has 0 aromatic carbocycles. The topological polar surface area (TPSA) is 77.7 Å². The second kappa shape index (κ2) is 11.7. The number of aliphatic hydroxyl groups is 1. The zero-order valence-corrected chi connectivity index (χ0v) is 18.7. The van der Waals surface area contributed by atoms with Crippen LogP contribution >= 0.6 is 24.0 Å². The van der Waals surface area contributed by atoms with E-state index in [4.69, 9.17) is 0 Å². The summed E-state index contributed by atoms with van der Waals surface area (Å²) in [5.41, 5.74) is -0.273. The average molecular weight is 466 g/mol. The van der Waals surface area contributed by atoms with E-state index in [1.165, 1.54) is 0 Å². The van der Waals surface area contributed by atoms with Gasteiger partial charge in [0.15, 0.2) is 5.96 Å². The van der Waals surface area contributed by atoms with Gasteiger partial charge in [0.25, 0.3) is 0 Å². The molecule has 0 fully saturated rings. The maximum Gasteiger partial charge on any atom is 0.191 e. The number of halogens is 1. The van der Waals surface area contributed by atoms with Crippen molar-refractivity contribution >= 4 is 29.9 Å². The number of guanidine groups is 1. The maximum atomic E-state index is 10.6. The van der Waals surface area contributed by atoms with Crippen molar-refractivity contribution in [2.24, 2.45) is 12.0 Å². The van der Waals surface area contributed by atoms with Crippen molar-refractivity contribution in [2.45, 2.75) is 45.8 Å². The Hall–Kier alpha value is -0.870. The third kappa shape index (κ3) is 8.37.